The molecule has 0 saturated heterocycles. The van der Waals surface area contributed by atoms with Crippen LogP contribution in [-0.2, 0) is 9.59 Å². The van der Waals surface area contributed by atoms with Gasteiger partial charge in [0.2, 0.25) is 17.7 Å². The first-order valence-electron chi connectivity index (χ1n) is 5.90. The number of primary amides is 2. The van der Waals surface area contributed by atoms with Crippen LogP contribution in [-0.4, -0.2) is 41.0 Å². The second-order valence-electron chi connectivity index (χ2n) is 4.37. The van der Waals surface area contributed by atoms with E-state index in [1.807, 2.05) is 13.8 Å². The summed E-state index contributed by atoms with van der Waals surface area (Å²) in [6.07, 6.45) is 1.08. The molecule has 1 heterocycles. The Bertz CT molecular complexity index is 489. The first-order chi connectivity index (χ1) is 9.31. The number of amides is 2. The summed E-state index contributed by atoms with van der Waals surface area (Å²) in [6, 6.07) is 0. The Morgan fingerprint density at radius 2 is 1.80 bits per heavy atom. The number of hydrogen-bond acceptors (Lipinski definition) is 7. The van der Waals surface area contributed by atoms with Crippen LogP contribution in [0.25, 0.3) is 0 Å². The molecule has 0 fully saturated rings. The molecule has 0 radical (unpaired) electrons. The number of carbonyl (C=O) groups is 2. The van der Waals surface area contributed by atoms with Gasteiger partial charge in [0, 0.05) is 0 Å². The van der Waals surface area contributed by atoms with E-state index < -0.39 is 11.8 Å². The van der Waals surface area contributed by atoms with Crippen molar-refractivity contribution in [2.24, 2.45) is 11.5 Å². The van der Waals surface area contributed by atoms with E-state index in [4.69, 9.17) is 21.9 Å². The van der Waals surface area contributed by atoms with Crippen LogP contribution in [0.3, 0.4) is 0 Å². The lowest BCUT2D eigenvalue weighted by molar-refractivity contribution is -0.117. The van der Waals surface area contributed by atoms with Crippen LogP contribution in [0.1, 0.15) is 13.8 Å². The summed E-state index contributed by atoms with van der Waals surface area (Å²) in [5.74, 6) is -0.941. The number of rotatable bonds is 7. The van der Waals surface area contributed by atoms with Crippen molar-refractivity contribution in [2.45, 2.75) is 20.0 Å². The van der Waals surface area contributed by atoms with Crippen LogP contribution in [0.15, 0.2) is 6.33 Å². The van der Waals surface area contributed by atoms with Crippen LogP contribution >= 0.6 is 0 Å². The third kappa shape index (κ3) is 4.26. The predicted molar refractivity (Wildman–Crippen MR) is 72.8 cm³/mol. The Hall–Kier alpha value is -2.58. The molecular weight excluding hydrogens is 264 g/mol. The number of nitrogens with two attached hydrogens (primary N) is 3. The predicted octanol–water partition coefficient (Wildman–Crippen LogP) is -1.38. The van der Waals surface area contributed by atoms with Crippen molar-refractivity contribution in [3.05, 3.63) is 6.33 Å². The summed E-state index contributed by atoms with van der Waals surface area (Å²) in [4.78, 5) is 31.2. The van der Waals surface area contributed by atoms with Gasteiger partial charge in [-0.3, -0.25) is 9.59 Å². The van der Waals surface area contributed by atoms with Gasteiger partial charge >= 0.3 is 0 Å². The molecule has 20 heavy (non-hydrogen) atoms. The largest absolute Gasteiger partial charge is 0.473 e. The van der Waals surface area contributed by atoms with Crippen LogP contribution in [0.2, 0.25) is 0 Å². The summed E-state index contributed by atoms with van der Waals surface area (Å²) in [5.41, 5.74) is 16.3. The fourth-order valence-corrected chi connectivity index (χ4v) is 1.52. The lowest BCUT2D eigenvalue weighted by Gasteiger charge is -2.22. The Labute approximate surface area is 116 Å². The van der Waals surface area contributed by atoms with Gasteiger partial charge in [0.15, 0.2) is 5.82 Å². The zero-order valence-electron chi connectivity index (χ0n) is 11.4. The Morgan fingerprint density at radius 1 is 1.25 bits per heavy atom. The molecule has 0 aliphatic carbocycles. The van der Waals surface area contributed by atoms with Crippen molar-refractivity contribution in [3.8, 4) is 5.88 Å². The van der Waals surface area contributed by atoms with E-state index in [0.29, 0.717) is 0 Å². The molecule has 1 aromatic rings. The Balaban J connectivity index is 3.12. The van der Waals surface area contributed by atoms with Crippen molar-refractivity contribution < 1.29 is 14.3 Å². The van der Waals surface area contributed by atoms with Crippen molar-refractivity contribution in [2.75, 3.05) is 23.7 Å². The van der Waals surface area contributed by atoms with Gasteiger partial charge in [0.1, 0.15) is 12.0 Å². The minimum Gasteiger partial charge on any atom is -0.473 e. The van der Waals surface area contributed by atoms with Crippen molar-refractivity contribution >= 4 is 23.3 Å². The molecule has 0 aliphatic rings. The molecule has 1 rings (SSSR count). The number of hydrogen-bond donors (Lipinski definition) is 3. The molecule has 2 amide bonds. The summed E-state index contributed by atoms with van der Waals surface area (Å²) in [7, 11) is 0. The highest BCUT2D eigenvalue weighted by atomic mass is 16.5. The van der Waals surface area contributed by atoms with Crippen LogP contribution < -0.4 is 26.8 Å². The molecule has 0 spiro atoms. The standard InChI is InChI=1S/C11H18N6O3/c1-6(2)20-11-9(14)10(15-5-16-11)17(3-7(12)18)4-8(13)19/h5-6H,3-4,14H2,1-2H3,(H2,12,18)(H2,13,19). The molecule has 0 aliphatic heterocycles. The molecule has 0 atom stereocenters. The van der Waals surface area contributed by atoms with E-state index in [-0.39, 0.29) is 36.6 Å². The van der Waals surface area contributed by atoms with Gasteiger partial charge in [-0.2, -0.15) is 4.98 Å². The second-order valence-corrected chi connectivity index (χ2v) is 4.37. The van der Waals surface area contributed by atoms with Gasteiger partial charge in [0.25, 0.3) is 0 Å². The summed E-state index contributed by atoms with van der Waals surface area (Å²) >= 11 is 0. The maximum Gasteiger partial charge on any atom is 0.242 e. The number of ether oxygens (including phenoxy) is 1. The first kappa shape index (κ1) is 15.5. The zero-order chi connectivity index (χ0) is 15.3. The molecule has 1 aromatic heterocycles. The molecule has 110 valence electrons. The van der Waals surface area contributed by atoms with Gasteiger partial charge in [-0.25, -0.2) is 4.98 Å². The Morgan fingerprint density at radius 3 is 2.25 bits per heavy atom. The number of aromatic nitrogens is 2. The molecule has 0 bridgehead atoms. The van der Waals surface area contributed by atoms with E-state index in [2.05, 4.69) is 9.97 Å². The average molecular weight is 282 g/mol. The van der Waals surface area contributed by atoms with Gasteiger partial charge in [-0.05, 0) is 13.8 Å². The van der Waals surface area contributed by atoms with E-state index in [1.54, 1.807) is 0 Å². The van der Waals surface area contributed by atoms with Gasteiger partial charge in [-0.15, -0.1) is 0 Å². The molecule has 6 N–H and O–H groups in total. The van der Waals surface area contributed by atoms with E-state index in [0.717, 1.165) is 0 Å². The number of anilines is 2. The maximum atomic E-state index is 11.1. The third-order valence-electron chi connectivity index (χ3n) is 2.17. The van der Waals surface area contributed by atoms with Crippen molar-refractivity contribution in [1.82, 2.24) is 9.97 Å². The van der Waals surface area contributed by atoms with E-state index in [9.17, 15) is 9.59 Å². The number of nitrogens with zero attached hydrogens (tertiary/aromatic N) is 3. The van der Waals surface area contributed by atoms with Gasteiger partial charge in [-0.1, -0.05) is 0 Å². The van der Waals surface area contributed by atoms with Gasteiger partial charge < -0.3 is 26.8 Å². The topological polar surface area (TPSA) is 150 Å². The lowest BCUT2D eigenvalue weighted by Crippen LogP contribution is -2.40. The minimum atomic E-state index is -0.643. The summed E-state index contributed by atoms with van der Waals surface area (Å²) in [6.45, 7) is 3.13. The number of nitrogen functional groups attached to an aromatic ring is 1. The van der Waals surface area contributed by atoms with Crippen molar-refractivity contribution in [3.63, 3.8) is 0 Å². The fourth-order valence-electron chi connectivity index (χ4n) is 1.52. The number of carbonyl (C=O) groups excluding carboxylic acids is 2. The highest BCUT2D eigenvalue weighted by Gasteiger charge is 2.19. The lowest BCUT2D eigenvalue weighted by atomic mass is 10.3. The average Bonchev–Trinajstić information content (AvgIpc) is 2.29. The monoisotopic (exact) mass is 282 g/mol. The van der Waals surface area contributed by atoms with Crippen molar-refractivity contribution in [1.29, 1.82) is 0 Å². The van der Waals surface area contributed by atoms with Crippen LogP contribution in [0.4, 0.5) is 11.5 Å². The summed E-state index contributed by atoms with van der Waals surface area (Å²) in [5, 5.41) is 0. The normalized spacial score (nSPS) is 10.3. The fraction of sp³-hybridized carbons (Fsp3) is 0.455. The molecule has 9 heteroatoms. The molecule has 9 nitrogen and oxygen atoms in total. The molecular formula is C11H18N6O3. The maximum absolute atomic E-state index is 11.1. The summed E-state index contributed by atoms with van der Waals surface area (Å²) < 4.78 is 5.41. The quantitative estimate of drug-likeness (QED) is 0.557. The SMILES string of the molecule is CC(C)Oc1ncnc(N(CC(N)=O)CC(N)=O)c1N. The third-order valence-corrected chi connectivity index (χ3v) is 2.17. The first-order valence-corrected chi connectivity index (χ1v) is 5.90. The van der Waals surface area contributed by atoms with E-state index >= 15 is 0 Å². The molecule has 0 aromatic carbocycles. The van der Waals surface area contributed by atoms with Crippen LogP contribution in [0, 0.1) is 0 Å². The second kappa shape index (κ2) is 6.55. The Kier molecular flexibility index (Phi) is 5.07. The zero-order valence-corrected chi connectivity index (χ0v) is 11.4. The van der Waals surface area contributed by atoms with E-state index in [1.165, 1.54) is 11.2 Å². The molecule has 0 unspecified atom stereocenters. The highest BCUT2D eigenvalue weighted by Crippen LogP contribution is 2.28. The molecule has 0 saturated carbocycles. The smallest absolute Gasteiger partial charge is 0.242 e. The van der Waals surface area contributed by atoms with Gasteiger partial charge in [0.05, 0.1) is 19.2 Å². The minimum absolute atomic E-state index is 0.115. The van der Waals surface area contributed by atoms with Crippen LogP contribution in [0.5, 0.6) is 5.88 Å². The highest BCUT2D eigenvalue weighted by molar-refractivity contribution is 5.86.